The molecule has 0 spiro atoms. The number of aromatic hydroxyl groups is 4. The Labute approximate surface area is 234 Å². The molecule has 0 aliphatic rings. The van der Waals surface area contributed by atoms with Gasteiger partial charge in [0.1, 0.15) is 45.5 Å². The van der Waals surface area contributed by atoms with Gasteiger partial charge in [-0.15, -0.1) is 0 Å². The number of carbonyl (C=O) groups excluding carboxylic acids is 3. The van der Waals surface area contributed by atoms with E-state index in [1.54, 1.807) is 33.8 Å². The van der Waals surface area contributed by atoms with Crippen molar-refractivity contribution in [3.05, 3.63) is 33.9 Å². The monoisotopic (exact) mass is 552 g/mol. The third-order valence-corrected chi connectivity index (χ3v) is 7.98. The van der Waals surface area contributed by atoms with Crippen LogP contribution in [0.3, 0.4) is 0 Å². The van der Waals surface area contributed by atoms with Gasteiger partial charge in [-0.2, -0.15) is 0 Å². The van der Waals surface area contributed by atoms with Crippen LogP contribution in [-0.2, 0) is 17.6 Å². The molecular weight excluding hydrogens is 512 g/mol. The summed E-state index contributed by atoms with van der Waals surface area (Å²) < 4.78 is 6.14. The number of furan rings is 1. The Balaban J connectivity index is 2.66. The molecule has 3 atom stereocenters. The van der Waals surface area contributed by atoms with Crippen LogP contribution in [0.4, 0.5) is 0 Å². The van der Waals surface area contributed by atoms with Crippen LogP contribution in [0.5, 0.6) is 23.0 Å². The van der Waals surface area contributed by atoms with Crippen molar-refractivity contribution in [1.82, 2.24) is 0 Å². The molecule has 0 amide bonds. The Morgan fingerprint density at radius 2 is 1.20 bits per heavy atom. The van der Waals surface area contributed by atoms with Crippen LogP contribution in [-0.4, -0.2) is 37.8 Å². The topological polar surface area (TPSA) is 145 Å². The van der Waals surface area contributed by atoms with Gasteiger partial charge < -0.3 is 24.8 Å². The molecule has 2 aromatic carbocycles. The summed E-state index contributed by atoms with van der Waals surface area (Å²) in [5.41, 5.74) is 0.398. The molecule has 40 heavy (non-hydrogen) atoms. The molecule has 0 saturated carbocycles. The second kappa shape index (κ2) is 11.7. The maximum atomic E-state index is 13.6. The predicted octanol–water partition coefficient (Wildman–Crippen LogP) is 7.14. The second-order valence-electron chi connectivity index (χ2n) is 11.2. The average Bonchev–Trinajstić information content (AvgIpc) is 3.29. The van der Waals surface area contributed by atoms with Gasteiger partial charge in [-0.3, -0.25) is 14.4 Å². The summed E-state index contributed by atoms with van der Waals surface area (Å²) in [7, 11) is 0. The number of Topliss-reactive ketones (excluding diaryl/α,β-unsaturated/α-hetero) is 3. The zero-order chi connectivity index (χ0) is 30.2. The number of benzene rings is 2. The van der Waals surface area contributed by atoms with E-state index in [4.69, 9.17) is 4.42 Å². The van der Waals surface area contributed by atoms with Crippen molar-refractivity contribution in [2.45, 2.75) is 81.1 Å². The first-order valence-electron chi connectivity index (χ1n) is 13.8. The number of carbonyl (C=O) groups is 3. The molecule has 3 rings (SSSR count). The van der Waals surface area contributed by atoms with E-state index in [1.165, 1.54) is 6.92 Å². The van der Waals surface area contributed by atoms with E-state index in [2.05, 4.69) is 0 Å². The second-order valence-corrected chi connectivity index (χ2v) is 11.2. The Morgan fingerprint density at radius 1 is 0.700 bits per heavy atom. The van der Waals surface area contributed by atoms with Crippen LogP contribution in [0.1, 0.15) is 100 Å². The summed E-state index contributed by atoms with van der Waals surface area (Å²) in [6.07, 6.45) is 2.77. The van der Waals surface area contributed by atoms with Crippen molar-refractivity contribution in [2.24, 2.45) is 17.8 Å². The molecule has 1 heterocycles. The number of ketones is 3. The van der Waals surface area contributed by atoms with Gasteiger partial charge in [0.2, 0.25) is 0 Å². The molecule has 0 aliphatic heterocycles. The SMILES string of the molecule is CC[C@H](C)C(=O)c1c(O)c(C[C@H](C)C(C)=O)c2oc3c(C(=O)[C@@H](C)CC)c(O)c(CC=C(C)C)c(O)c3c2c1O. The minimum absolute atomic E-state index is 0.0232. The summed E-state index contributed by atoms with van der Waals surface area (Å²) in [4.78, 5) is 39.1. The van der Waals surface area contributed by atoms with Gasteiger partial charge >= 0.3 is 0 Å². The smallest absolute Gasteiger partial charge is 0.173 e. The molecule has 8 heteroatoms. The van der Waals surface area contributed by atoms with Crippen molar-refractivity contribution in [3.63, 3.8) is 0 Å². The number of fused-ring (bicyclic) bond motifs is 3. The number of phenolic OH excluding ortho intramolecular Hbond substituents is 4. The molecule has 0 unspecified atom stereocenters. The number of hydrogen-bond donors (Lipinski definition) is 4. The minimum Gasteiger partial charge on any atom is -0.507 e. The fraction of sp³-hybridized carbons (Fsp3) is 0.469. The molecule has 4 N–H and O–H groups in total. The van der Waals surface area contributed by atoms with Gasteiger partial charge in [0.25, 0.3) is 0 Å². The van der Waals surface area contributed by atoms with E-state index < -0.39 is 52.3 Å². The molecule has 0 saturated heterocycles. The van der Waals surface area contributed by atoms with Gasteiger partial charge in [-0.25, -0.2) is 0 Å². The van der Waals surface area contributed by atoms with E-state index >= 15 is 0 Å². The number of hydrogen-bond acceptors (Lipinski definition) is 8. The van der Waals surface area contributed by atoms with Crippen molar-refractivity contribution < 1.29 is 39.2 Å². The summed E-state index contributed by atoms with van der Waals surface area (Å²) >= 11 is 0. The van der Waals surface area contributed by atoms with Crippen LogP contribution in [0.25, 0.3) is 21.9 Å². The minimum atomic E-state index is -0.591. The zero-order valence-electron chi connectivity index (χ0n) is 24.6. The average molecular weight is 553 g/mol. The van der Waals surface area contributed by atoms with Crippen LogP contribution >= 0.6 is 0 Å². The molecule has 1 aromatic heterocycles. The van der Waals surface area contributed by atoms with Crippen molar-refractivity contribution in [3.8, 4) is 23.0 Å². The highest BCUT2D eigenvalue weighted by atomic mass is 16.3. The van der Waals surface area contributed by atoms with E-state index in [-0.39, 0.29) is 62.8 Å². The molecule has 216 valence electrons. The Kier molecular flexibility index (Phi) is 9.02. The summed E-state index contributed by atoms with van der Waals surface area (Å²) in [6.45, 7) is 13.8. The molecule has 8 nitrogen and oxygen atoms in total. The van der Waals surface area contributed by atoms with Crippen LogP contribution in [0, 0.1) is 17.8 Å². The molecule has 0 bridgehead atoms. The lowest BCUT2D eigenvalue weighted by Gasteiger charge is -2.17. The summed E-state index contributed by atoms with van der Waals surface area (Å²) in [6, 6.07) is 0. The van der Waals surface area contributed by atoms with Gasteiger partial charge in [0.15, 0.2) is 17.1 Å². The Hall–Kier alpha value is -3.81. The molecule has 3 aromatic rings. The molecule has 0 radical (unpaired) electrons. The molecule has 0 aliphatic carbocycles. The highest BCUT2D eigenvalue weighted by Crippen LogP contribution is 2.52. The first-order valence-corrected chi connectivity index (χ1v) is 13.8. The maximum Gasteiger partial charge on any atom is 0.173 e. The van der Waals surface area contributed by atoms with Crippen molar-refractivity contribution in [2.75, 3.05) is 0 Å². The van der Waals surface area contributed by atoms with Crippen molar-refractivity contribution >= 4 is 39.3 Å². The summed E-state index contributed by atoms with van der Waals surface area (Å²) in [5, 5.41) is 45.5. The highest BCUT2D eigenvalue weighted by molar-refractivity contribution is 6.23. The fourth-order valence-corrected chi connectivity index (χ4v) is 4.75. The van der Waals surface area contributed by atoms with Crippen molar-refractivity contribution in [1.29, 1.82) is 0 Å². The quantitative estimate of drug-likeness (QED) is 0.145. The lowest BCUT2D eigenvalue weighted by molar-refractivity contribution is -0.120. The number of allylic oxidation sites excluding steroid dienone is 2. The first-order chi connectivity index (χ1) is 18.7. The highest BCUT2D eigenvalue weighted by Gasteiger charge is 2.35. The number of rotatable bonds is 11. The first kappa shape index (κ1) is 30.7. The Bertz CT molecular complexity index is 1530. The predicted molar refractivity (Wildman–Crippen MR) is 155 cm³/mol. The van der Waals surface area contributed by atoms with Crippen LogP contribution in [0.15, 0.2) is 16.1 Å². The summed E-state index contributed by atoms with van der Waals surface area (Å²) in [5.74, 6) is -4.63. The fourth-order valence-electron chi connectivity index (χ4n) is 4.75. The lowest BCUT2D eigenvalue weighted by atomic mass is 9.87. The van der Waals surface area contributed by atoms with E-state index in [0.29, 0.717) is 12.8 Å². The normalized spacial score (nSPS) is 13.8. The molecule has 0 fully saturated rings. The van der Waals surface area contributed by atoms with Gasteiger partial charge in [0, 0.05) is 28.9 Å². The third kappa shape index (κ3) is 5.19. The van der Waals surface area contributed by atoms with Crippen LogP contribution < -0.4 is 0 Å². The lowest BCUT2D eigenvalue weighted by Crippen LogP contribution is -2.14. The van der Waals surface area contributed by atoms with Gasteiger partial charge in [-0.1, -0.05) is 46.3 Å². The number of phenols is 4. The Morgan fingerprint density at radius 3 is 1.70 bits per heavy atom. The van der Waals surface area contributed by atoms with E-state index in [0.717, 1.165) is 5.57 Å². The largest absolute Gasteiger partial charge is 0.507 e. The maximum absolute atomic E-state index is 13.6. The van der Waals surface area contributed by atoms with Crippen LogP contribution in [0.2, 0.25) is 0 Å². The van der Waals surface area contributed by atoms with E-state index in [1.807, 2.05) is 20.8 Å². The third-order valence-electron chi connectivity index (χ3n) is 7.98. The standard InChI is InChI=1S/C32H40O8/c1-9-15(5)25(34)23-29(38)20(13-17(7)18(8)33)31-22(30(23)39)21-27(36)19(12-11-14(3)4)28(37)24(32(21)40-31)26(35)16(6)10-2/h11,15-17,36-39H,9-10,12-13H2,1-8H3/t15-,16-,17-/m0/s1. The zero-order valence-corrected chi connectivity index (χ0v) is 24.6. The van der Waals surface area contributed by atoms with Gasteiger partial charge in [0.05, 0.1) is 10.8 Å². The molecular formula is C32H40O8. The van der Waals surface area contributed by atoms with Gasteiger partial charge in [-0.05, 0) is 46.5 Å². The van der Waals surface area contributed by atoms with E-state index in [9.17, 15) is 34.8 Å².